The second-order valence-electron chi connectivity index (χ2n) is 10.6. The Labute approximate surface area is 237 Å². The number of nitrogens with two attached hydrogens (primary N) is 1. The van der Waals surface area contributed by atoms with Gasteiger partial charge in [-0.1, -0.05) is 67.9 Å². The Balaban J connectivity index is 1.51. The summed E-state index contributed by atoms with van der Waals surface area (Å²) < 4.78 is 5.92. The lowest BCUT2D eigenvalue weighted by Gasteiger charge is -2.43. The molecule has 5 rings (SSSR count). The minimum Gasteiger partial charge on any atom is -0.489 e. The summed E-state index contributed by atoms with van der Waals surface area (Å²) in [6.07, 6.45) is 2.24. The number of pyridine rings is 1. The van der Waals surface area contributed by atoms with E-state index in [0.29, 0.717) is 36.5 Å². The van der Waals surface area contributed by atoms with Crippen molar-refractivity contribution in [3.8, 4) is 11.8 Å². The van der Waals surface area contributed by atoms with Crippen molar-refractivity contribution in [2.75, 3.05) is 0 Å². The van der Waals surface area contributed by atoms with Crippen LogP contribution in [-0.4, -0.2) is 21.7 Å². The molecule has 9 heteroatoms. The number of halogens is 1. The third-order valence-corrected chi connectivity index (χ3v) is 7.36. The molecule has 1 amide bonds. The number of carbonyl (C=O) groups excluding carboxylic acids is 2. The average Bonchev–Trinajstić information content (AvgIpc) is 2.93. The van der Waals surface area contributed by atoms with Crippen LogP contribution in [0.1, 0.15) is 54.1 Å². The molecule has 8 nitrogen and oxygen atoms in total. The molecule has 2 aromatic carbocycles. The number of hydrogen-bond acceptors (Lipinski definition) is 7. The molecule has 1 unspecified atom stereocenters. The number of ether oxygens (including phenoxy) is 1. The molecule has 0 radical (unpaired) electrons. The van der Waals surface area contributed by atoms with Crippen LogP contribution in [0.15, 0.2) is 95.6 Å². The predicted molar refractivity (Wildman–Crippen MR) is 150 cm³/mol. The van der Waals surface area contributed by atoms with E-state index in [-0.39, 0.29) is 33.3 Å². The van der Waals surface area contributed by atoms with Gasteiger partial charge in [0.2, 0.25) is 0 Å². The van der Waals surface area contributed by atoms with Gasteiger partial charge in [0.25, 0.3) is 5.91 Å². The highest BCUT2D eigenvalue weighted by Crippen LogP contribution is 2.48. The Morgan fingerprint density at radius 3 is 2.55 bits per heavy atom. The molecule has 202 valence electrons. The highest BCUT2D eigenvalue weighted by molar-refractivity contribution is 6.32. The number of Topliss-reactive ketones (excluding diaryl/α,β-unsaturated/α-hetero) is 1. The minimum absolute atomic E-state index is 0.0294. The largest absolute Gasteiger partial charge is 0.489 e. The number of amides is 1. The van der Waals surface area contributed by atoms with E-state index in [1.807, 2.05) is 68.4 Å². The molecular weight excluding hydrogens is 526 g/mol. The van der Waals surface area contributed by atoms with Crippen LogP contribution in [0.5, 0.6) is 5.75 Å². The maximum absolute atomic E-state index is 13.7. The molecule has 1 aliphatic carbocycles. The van der Waals surface area contributed by atoms with Gasteiger partial charge in [-0.3, -0.25) is 15.0 Å². The zero-order valence-electron chi connectivity index (χ0n) is 22.1. The van der Waals surface area contributed by atoms with E-state index in [1.165, 1.54) is 17.3 Å². The van der Waals surface area contributed by atoms with E-state index in [4.69, 9.17) is 22.1 Å². The molecule has 2 aliphatic rings. The maximum atomic E-state index is 13.7. The zero-order valence-corrected chi connectivity index (χ0v) is 22.9. The van der Waals surface area contributed by atoms with Gasteiger partial charge in [-0.2, -0.15) is 5.26 Å². The Morgan fingerprint density at radius 2 is 1.88 bits per heavy atom. The van der Waals surface area contributed by atoms with Gasteiger partial charge >= 0.3 is 0 Å². The Bertz CT molecular complexity index is 1570. The average molecular weight is 554 g/mol. The first-order valence-electron chi connectivity index (χ1n) is 12.8. The Hall–Kier alpha value is -4.61. The van der Waals surface area contributed by atoms with E-state index in [2.05, 4.69) is 16.5 Å². The molecule has 40 heavy (non-hydrogen) atoms. The third kappa shape index (κ3) is 5.29. The third-order valence-electron chi connectivity index (χ3n) is 7.06. The quantitative estimate of drug-likeness (QED) is 0.392. The highest BCUT2D eigenvalue weighted by Gasteiger charge is 2.45. The first-order chi connectivity index (χ1) is 19.2. The fourth-order valence-electron chi connectivity index (χ4n) is 5.18. The summed E-state index contributed by atoms with van der Waals surface area (Å²) in [6.45, 7) is 4.39. The van der Waals surface area contributed by atoms with Crippen molar-refractivity contribution in [1.82, 2.24) is 15.4 Å². The van der Waals surface area contributed by atoms with Crippen molar-refractivity contribution in [2.45, 2.75) is 39.2 Å². The summed E-state index contributed by atoms with van der Waals surface area (Å²) in [6, 6.07) is 22.5. The number of nitrogens with zero attached hydrogens (tertiary/aromatic N) is 3. The summed E-state index contributed by atoms with van der Waals surface area (Å²) >= 11 is 6.15. The minimum atomic E-state index is -0.679. The standard InChI is InChI=1S/C31H28ClN5O3/c1-31(2)15-24-27(25(38)16-31)26(20-10-12-21(13-11-20)40-18-19-7-4-3-5-8-19)23(17-33)29(34)37(24)36-30(39)22-9-6-14-35-28(22)32/h3-14,26H,15-16,18,34H2,1-2H3,(H,36,39). The summed E-state index contributed by atoms with van der Waals surface area (Å²) in [7, 11) is 0. The molecule has 1 aliphatic heterocycles. The predicted octanol–water partition coefficient (Wildman–Crippen LogP) is 5.40. The number of nitriles is 1. The van der Waals surface area contributed by atoms with Gasteiger partial charge in [0, 0.05) is 18.2 Å². The van der Waals surface area contributed by atoms with Gasteiger partial charge in [0.1, 0.15) is 23.3 Å². The lowest BCUT2D eigenvalue weighted by molar-refractivity contribution is -0.118. The van der Waals surface area contributed by atoms with Crippen molar-refractivity contribution in [3.63, 3.8) is 0 Å². The van der Waals surface area contributed by atoms with Crippen LogP contribution in [0.4, 0.5) is 0 Å². The monoisotopic (exact) mass is 553 g/mol. The van der Waals surface area contributed by atoms with E-state index in [0.717, 1.165) is 11.1 Å². The number of hydrazine groups is 1. The molecule has 2 heterocycles. The fourth-order valence-corrected chi connectivity index (χ4v) is 5.39. The lowest BCUT2D eigenvalue weighted by Crippen LogP contribution is -2.50. The second kappa shape index (κ2) is 10.9. The smallest absolute Gasteiger partial charge is 0.273 e. The van der Waals surface area contributed by atoms with Gasteiger partial charge in [-0.15, -0.1) is 0 Å². The molecule has 0 spiro atoms. The van der Waals surface area contributed by atoms with Gasteiger partial charge in [0.15, 0.2) is 5.78 Å². The molecule has 1 aromatic heterocycles. The first-order valence-corrected chi connectivity index (χ1v) is 13.2. The number of carbonyl (C=O) groups is 2. The molecule has 0 saturated heterocycles. The lowest BCUT2D eigenvalue weighted by atomic mass is 9.69. The van der Waals surface area contributed by atoms with Gasteiger partial charge in [-0.25, -0.2) is 9.99 Å². The Kier molecular flexibility index (Phi) is 7.33. The van der Waals surface area contributed by atoms with Crippen LogP contribution >= 0.6 is 11.6 Å². The van der Waals surface area contributed by atoms with E-state index in [9.17, 15) is 14.9 Å². The number of aromatic nitrogens is 1. The van der Waals surface area contributed by atoms with E-state index >= 15 is 0 Å². The number of rotatable bonds is 6. The van der Waals surface area contributed by atoms with Gasteiger partial charge in [-0.05, 0) is 47.2 Å². The van der Waals surface area contributed by atoms with Crippen LogP contribution in [0.2, 0.25) is 5.15 Å². The van der Waals surface area contributed by atoms with Crippen molar-refractivity contribution in [3.05, 3.63) is 117 Å². The summed E-state index contributed by atoms with van der Waals surface area (Å²) in [5.41, 5.74) is 12.0. The molecule has 3 aromatic rings. The summed E-state index contributed by atoms with van der Waals surface area (Å²) in [5, 5.41) is 11.6. The molecular formula is C31H28ClN5O3. The van der Waals surface area contributed by atoms with Crippen LogP contribution < -0.4 is 15.9 Å². The zero-order chi connectivity index (χ0) is 28.4. The number of nitrogens with one attached hydrogen (secondary N) is 1. The van der Waals surface area contributed by atoms with Crippen LogP contribution in [0.25, 0.3) is 0 Å². The number of allylic oxidation sites excluding steroid dienone is 3. The normalized spacial score (nSPS) is 18.2. The summed E-state index contributed by atoms with van der Waals surface area (Å²) in [5.74, 6) is -0.623. The van der Waals surface area contributed by atoms with Crippen molar-refractivity contribution in [2.24, 2.45) is 11.1 Å². The van der Waals surface area contributed by atoms with E-state index < -0.39 is 11.8 Å². The maximum Gasteiger partial charge on any atom is 0.273 e. The van der Waals surface area contributed by atoms with Crippen LogP contribution in [0.3, 0.4) is 0 Å². The first kappa shape index (κ1) is 27.0. The number of hydrogen-bond donors (Lipinski definition) is 2. The fraction of sp³-hybridized carbons (Fsp3) is 0.226. The molecule has 0 fully saturated rings. The van der Waals surface area contributed by atoms with Crippen LogP contribution in [0, 0.1) is 16.7 Å². The second-order valence-corrected chi connectivity index (χ2v) is 11.0. The van der Waals surface area contributed by atoms with Gasteiger partial charge < -0.3 is 10.5 Å². The topological polar surface area (TPSA) is 121 Å². The number of ketones is 1. The van der Waals surface area contributed by atoms with Crippen molar-refractivity contribution < 1.29 is 14.3 Å². The van der Waals surface area contributed by atoms with Crippen LogP contribution in [-0.2, 0) is 11.4 Å². The highest BCUT2D eigenvalue weighted by atomic mass is 35.5. The van der Waals surface area contributed by atoms with Crippen molar-refractivity contribution in [1.29, 1.82) is 5.26 Å². The van der Waals surface area contributed by atoms with Crippen molar-refractivity contribution >= 4 is 23.3 Å². The summed E-state index contributed by atoms with van der Waals surface area (Å²) in [4.78, 5) is 30.8. The molecule has 0 bridgehead atoms. The Morgan fingerprint density at radius 1 is 1.15 bits per heavy atom. The molecule has 0 saturated carbocycles. The number of benzene rings is 2. The molecule has 1 atom stereocenters. The van der Waals surface area contributed by atoms with Gasteiger partial charge in [0.05, 0.1) is 28.8 Å². The van der Waals surface area contributed by atoms with E-state index in [1.54, 1.807) is 6.07 Å². The molecule has 3 N–H and O–H groups in total. The SMILES string of the molecule is CC1(C)CC(=O)C2=C(C1)N(NC(=O)c1cccnc1Cl)C(N)=C(C#N)C2c1ccc(OCc2ccccc2)cc1.